The van der Waals surface area contributed by atoms with Crippen molar-refractivity contribution in [2.45, 2.75) is 44.0 Å². The largest absolute Gasteiger partial charge is 0.393 e. The second-order valence-corrected chi connectivity index (χ2v) is 3.99. The molecule has 0 amide bonds. The van der Waals surface area contributed by atoms with E-state index in [1.807, 2.05) is 0 Å². The predicted molar refractivity (Wildman–Crippen MR) is 44.7 cm³/mol. The average molecular weight is 173 g/mol. The van der Waals surface area contributed by atoms with Crippen LogP contribution in [0.15, 0.2) is 0 Å². The number of aliphatic hydroxyl groups excluding tert-OH is 1. The summed E-state index contributed by atoms with van der Waals surface area (Å²) in [6.45, 7) is 1.91. The Balaban J connectivity index is 1.75. The minimum atomic E-state index is -0.554. The van der Waals surface area contributed by atoms with Gasteiger partial charge in [0, 0.05) is 19.1 Å². The highest BCUT2D eigenvalue weighted by Gasteiger charge is 2.34. The highest BCUT2D eigenvalue weighted by molar-refractivity contribution is 4.89. The van der Waals surface area contributed by atoms with Gasteiger partial charge in [-0.2, -0.15) is 0 Å². The third kappa shape index (κ3) is 1.62. The molecule has 2 rings (SSSR count). The monoisotopic (exact) mass is 173 g/mol. The van der Waals surface area contributed by atoms with Crippen LogP contribution in [-0.2, 0) is 0 Å². The van der Waals surface area contributed by atoms with Gasteiger partial charge < -0.3 is 5.11 Å². The molecule has 3 heteroatoms. The third-order valence-electron chi connectivity index (χ3n) is 3.07. The predicted octanol–water partition coefficient (Wildman–Crippen LogP) is 0.944. The van der Waals surface area contributed by atoms with Crippen molar-refractivity contribution in [1.82, 2.24) is 4.90 Å². The molecule has 1 aliphatic carbocycles. The van der Waals surface area contributed by atoms with Crippen LogP contribution in [0, 0.1) is 0 Å². The van der Waals surface area contributed by atoms with Crippen LogP contribution in [-0.4, -0.2) is 41.4 Å². The smallest absolute Gasteiger partial charge is 0.103 e. The van der Waals surface area contributed by atoms with Gasteiger partial charge in [-0.15, -0.1) is 0 Å². The third-order valence-corrected chi connectivity index (χ3v) is 3.07. The highest BCUT2D eigenvalue weighted by atomic mass is 19.1. The van der Waals surface area contributed by atoms with E-state index in [4.69, 9.17) is 0 Å². The van der Waals surface area contributed by atoms with Crippen LogP contribution in [0.4, 0.5) is 4.39 Å². The Kier molecular flexibility index (Phi) is 2.33. The van der Waals surface area contributed by atoms with Crippen LogP contribution in [0.5, 0.6) is 0 Å². The Morgan fingerprint density at radius 3 is 2.25 bits per heavy atom. The molecule has 1 saturated carbocycles. The second kappa shape index (κ2) is 3.30. The van der Waals surface area contributed by atoms with Crippen molar-refractivity contribution in [3.8, 4) is 0 Å². The number of halogens is 1. The molecule has 1 N–H and O–H groups in total. The summed E-state index contributed by atoms with van der Waals surface area (Å²) >= 11 is 0. The number of piperidine rings is 1. The molecular weight excluding hydrogens is 157 g/mol. The van der Waals surface area contributed by atoms with E-state index in [2.05, 4.69) is 4.90 Å². The molecule has 1 aliphatic heterocycles. The number of rotatable bonds is 1. The van der Waals surface area contributed by atoms with Crippen molar-refractivity contribution in [2.24, 2.45) is 0 Å². The highest BCUT2D eigenvalue weighted by Crippen LogP contribution is 2.30. The molecule has 1 saturated heterocycles. The SMILES string of the molecule is OC1CCN(C2CC(F)C2)CC1. The van der Waals surface area contributed by atoms with Crippen LogP contribution in [0.3, 0.4) is 0 Å². The van der Waals surface area contributed by atoms with E-state index >= 15 is 0 Å². The Morgan fingerprint density at radius 2 is 1.75 bits per heavy atom. The fraction of sp³-hybridized carbons (Fsp3) is 1.00. The Morgan fingerprint density at radius 1 is 1.17 bits per heavy atom. The van der Waals surface area contributed by atoms with Crippen molar-refractivity contribution in [3.63, 3.8) is 0 Å². The summed E-state index contributed by atoms with van der Waals surface area (Å²) in [5.41, 5.74) is 0. The van der Waals surface area contributed by atoms with Gasteiger partial charge in [0.25, 0.3) is 0 Å². The fourth-order valence-corrected chi connectivity index (χ4v) is 2.07. The van der Waals surface area contributed by atoms with Crippen molar-refractivity contribution < 1.29 is 9.50 Å². The van der Waals surface area contributed by atoms with Gasteiger partial charge in [-0.05, 0) is 25.7 Å². The molecule has 0 radical (unpaired) electrons. The van der Waals surface area contributed by atoms with Gasteiger partial charge in [-0.25, -0.2) is 4.39 Å². The Labute approximate surface area is 72.4 Å². The molecule has 2 aliphatic rings. The summed E-state index contributed by atoms with van der Waals surface area (Å²) in [6, 6.07) is 0.479. The number of alkyl halides is 1. The number of aliphatic hydroxyl groups is 1. The summed E-state index contributed by atoms with van der Waals surface area (Å²) in [7, 11) is 0. The summed E-state index contributed by atoms with van der Waals surface area (Å²) in [5, 5.41) is 9.25. The first-order valence-corrected chi connectivity index (χ1v) is 4.82. The fourth-order valence-electron chi connectivity index (χ4n) is 2.07. The lowest BCUT2D eigenvalue weighted by Crippen LogP contribution is -2.49. The zero-order valence-electron chi connectivity index (χ0n) is 7.25. The quantitative estimate of drug-likeness (QED) is 0.638. The van der Waals surface area contributed by atoms with Crippen LogP contribution in [0.1, 0.15) is 25.7 Å². The number of likely N-dealkylation sites (tertiary alicyclic amines) is 1. The molecule has 1 heterocycles. The molecule has 2 nitrogen and oxygen atoms in total. The summed E-state index contributed by atoms with van der Waals surface area (Å²) < 4.78 is 12.5. The molecular formula is C9H16FNO. The van der Waals surface area contributed by atoms with E-state index in [1.165, 1.54) is 0 Å². The Hall–Kier alpha value is -0.150. The standard InChI is InChI=1S/C9H16FNO/c10-7-5-8(6-7)11-3-1-9(12)2-4-11/h7-9,12H,1-6H2. The lowest BCUT2D eigenvalue weighted by Gasteiger charge is -2.42. The first-order chi connectivity index (χ1) is 5.75. The minimum Gasteiger partial charge on any atom is -0.393 e. The van der Waals surface area contributed by atoms with Gasteiger partial charge in [0.1, 0.15) is 6.17 Å². The molecule has 0 aromatic carbocycles. The van der Waals surface area contributed by atoms with E-state index in [1.54, 1.807) is 0 Å². The topological polar surface area (TPSA) is 23.5 Å². The number of hydrogen-bond acceptors (Lipinski definition) is 2. The van der Waals surface area contributed by atoms with Crippen LogP contribution >= 0.6 is 0 Å². The maximum atomic E-state index is 12.5. The molecule has 0 aromatic heterocycles. The first-order valence-electron chi connectivity index (χ1n) is 4.82. The number of nitrogens with zero attached hydrogens (tertiary/aromatic N) is 1. The lowest BCUT2D eigenvalue weighted by atomic mass is 9.88. The van der Waals surface area contributed by atoms with E-state index in [0.717, 1.165) is 38.8 Å². The van der Waals surface area contributed by atoms with Crippen molar-refractivity contribution in [3.05, 3.63) is 0 Å². The molecule has 0 spiro atoms. The Bertz CT molecular complexity index is 151. The lowest BCUT2D eigenvalue weighted by molar-refractivity contribution is 0.00769. The minimum absolute atomic E-state index is 0.109. The maximum Gasteiger partial charge on any atom is 0.103 e. The molecule has 12 heavy (non-hydrogen) atoms. The summed E-state index contributed by atoms with van der Waals surface area (Å²) in [4.78, 5) is 2.32. The molecule has 70 valence electrons. The van der Waals surface area contributed by atoms with Gasteiger partial charge in [0.05, 0.1) is 6.10 Å². The van der Waals surface area contributed by atoms with E-state index < -0.39 is 6.17 Å². The van der Waals surface area contributed by atoms with E-state index in [0.29, 0.717) is 6.04 Å². The molecule has 0 atom stereocenters. The van der Waals surface area contributed by atoms with Gasteiger partial charge in [-0.3, -0.25) is 4.90 Å². The van der Waals surface area contributed by atoms with Gasteiger partial charge in [0.2, 0.25) is 0 Å². The molecule has 2 fully saturated rings. The van der Waals surface area contributed by atoms with E-state index in [9.17, 15) is 9.50 Å². The molecule has 0 bridgehead atoms. The zero-order chi connectivity index (χ0) is 8.55. The molecule has 0 aromatic rings. The maximum absolute atomic E-state index is 12.5. The van der Waals surface area contributed by atoms with Crippen LogP contribution in [0.25, 0.3) is 0 Å². The zero-order valence-corrected chi connectivity index (χ0v) is 7.25. The summed E-state index contributed by atoms with van der Waals surface area (Å²) in [6.07, 6.45) is 2.51. The van der Waals surface area contributed by atoms with Crippen LogP contribution < -0.4 is 0 Å². The van der Waals surface area contributed by atoms with Gasteiger partial charge in [-0.1, -0.05) is 0 Å². The van der Waals surface area contributed by atoms with Crippen LogP contribution in [0.2, 0.25) is 0 Å². The van der Waals surface area contributed by atoms with Crippen molar-refractivity contribution in [1.29, 1.82) is 0 Å². The van der Waals surface area contributed by atoms with Gasteiger partial charge >= 0.3 is 0 Å². The normalized spacial score (nSPS) is 39.5. The second-order valence-electron chi connectivity index (χ2n) is 3.99. The number of hydrogen-bond donors (Lipinski definition) is 1. The van der Waals surface area contributed by atoms with E-state index in [-0.39, 0.29) is 6.10 Å². The van der Waals surface area contributed by atoms with Gasteiger partial charge in [0.15, 0.2) is 0 Å². The van der Waals surface area contributed by atoms with Crippen molar-refractivity contribution in [2.75, 3.05) is 13.1 Å². The average Bonchev–Trinajstić information content (AvgIpc) is 2.01. The first kappa shape index (κ1) is 8.45. The van der Waals surface area contributed by atoms with Crippen molar-refractivity contribution >= 4 is 0 Å². The summed E-state index contributed by atoms with van der Waals surface area (Å²) in [5.74, 6) is 0. The molecule has 0 unspecified atom stereocenters.